The van der Waals surface area contributed by atoms with Gasteiger partial charge in [0.15, 0.2) is 0 Å². The molecule has 0 aliphatic rings. The van der Waals surface area contributed by atoms with E-state index in [0.29, 0.717) is 19.1 Å². The molecule has 1 atom stereocenters. The lowest BCUT2D eigenvalue weighted by atomic mass is 10.1. The molecule has 0 bridgehead atoms. The van der Waals surface area contributed by atoms with Crippen LogP contribution in [0.4, 0.5) is 4.79 Å². The van der Waals surface area contributed by atoms with Gasteiger partial charge in [-0.3, -0.25) is 4.90 Å². The molecule has 1 unspecified atom stereocenters. The van der Waals surface area contributed by atoms with Crippen molar-refractivity contribution >= 4 is 6.09 Å². The third-order valence-electron chi connectivity index (χ3n) is 3.31. The molecular weight excluding hydrogens is 266 g/mol. The van der Waals surface area contributed by atoms with Crippen molar-refractivity contribution in [3.05, 3.63) is 0 Å². The fraction of sp³-hybridized carbons (Fsp3) is 0.938. The van der Waals surface area contributed by atoms with Gasteiger partial charge >= 0.3 is 6.09 Å². The maximum absolute atomic E-state index is 11.7. The summed E-state index contributed by atoms with van der Waals surface area (Å²) in [6, 6.07) is 0.560. The summed E-state index contributed by atoms with van der Waals surface area (Å²) in [6.07, 6.45) is 3.21. The Kier molecular flexibility index (Phi) is 9.62. The molecule has 0 spiro atoms. The highest BCUT2D eigenvalue weighted by Crippen LogP contribution is 2.09. The van der Waals surface area contributed by atoms with Crippen LogP contribution in [-0.2, 0) is 4.74 Å². The number of nitrogens with one attached hydrogen (secondary N) is 1. The van der Waals surface area contributed by atoms with Crippen molar-refractivity contribution in [2.45, 2.75) is 78.5 Å². The van der Waals surface area contributed by atoms with Crippen LogP contribution in [0.3, 0.4) is 0 Å². The molecule has 0 saturated carbocycles. The average molecular weight is 301 g/mol. The van der Waals surface area contributed by atoms with E-state index in [1.165, 1.54) is 12.8 Å². The Morgan fingerprint density at radius 2 is 1.90 bits per heavy atom. The van der Waals surface area contributed by atoms with Crippen molar-refractivity contribution in [2.24, 2.45) is 5.73 Å². The Morgan fingerprint density at radius 1 is 1.29 bits per heavy atom. The van der Waals surface area contributed by atoms with Crippen molar-refractivity contribution < 1.29 is 9.53 Å². The maximum atomic E-state index is 11.7. The van der Waals surface area contributed by atoms with E-state index in [4.69, 9.17) is 10.5 Å². The lowest BCUT2D eigenvalue weighted by Gasteiger charge is -2.34. The molecule has 5 heteroatoms. The highest BCUT2D eigenvalue weighted by molar-refractivity contribution is 5.67. The minimum absolute atomic E-state index is 0.148. The number of alkyl carbamates (subject to hydrolysis) is 1. The molecular formula is C16H35N3O2. The largest absolute Gasteiger partial charge is 0.444 e. The van der Waals surface area contributed by atoms with Gasteiger partial charge in [-0.15, -0.1) is 0 Å². The van der Waals surface area contributed by atoms with Crippen LogP contribution in [0.2, 0.25) is 0 Å². The first-order valence-electron chi connectivity index (χ1n) is 8.14. The number of rotatable bonds is 9. The number of carbonyl (C=O) groups excluding carboxylic acids is 1. The molecule has 3 N–H and O–H groups in total. The molecule has 0 saturated heterocycles. The summed E-state index contributed by atoms with van der Waals surface area (Å²) >= 11 is 0. The summed E-state index contributed by atoms with van der Waals surface area (Å²) < 4.78 is 5.26. The van der Waals surface area contributed by atoms with Gasteiger partial charge in [0.25, 0.3) is 0 Å². The van der Waals surface area contributed by atoms with Gasteiger partial charge in [-0.2, -0.15) is 0 Å². The minimum Gasteiger partial charge on any atom is -0.444 e. The lowest BCUT2D eigenvalue weighted by Crippen LogP contribution is -2.51. The quantitative estimate of drug-likeness (QED) is 0.643. The topological polar surface area (TPSA) is 67.6 Å². The number of carbonyl (C=O) groups is 1. The summed E-state index contributed by atoms with van der Waals surface area (Å²) in [4.78, 5) is 14.1. The summed E-state index contributed by atoms with van der Waals surface area (Å²) in [7, 11) is 0. The number of hydrogen-bond donors (Lipinski definition) is 2. The van der Waals surface area contributed by atoms with Crippen LogP contribution in [0.25, 0.3) is 0 Å². The Hall–Kier alpha value is -0.810. The van der Waals surface area contributed by atoms with Crippen LogP contribution in [0.15, 0.2) is 0 Å². The van der Waals surface area contributed by atoms with Gasteiger partial charge in [0.2, 0.25) is 0 Å². The first-order chi connectivity index (χ1) is 9.71. The van der Waals surface area contributed by atoms with Gasteiger partial charge in [0, 0.05) is 25.2 Å². The van der Waals surface area contributed by atoms with Gasteiger partial charge in [-0.1, -0.05) is 19.8 Å². The smallest absolute Gasteiger partial charge is 0.407 e. The molecule has 0 aromatic carbocycles. The number of hydrogen-bond acceptors (Lipinski definition) is 4. The van der Waals surface area contributed by atoms with Crippen molar-refractivity contribution in [1.82, 2.24) is 10.2 Å². The van der Waals surface area contributed by atoms with Crippen LogP contribution in [-0.4, -0.2) is 48.3 Å². The molecule has 0 rings (SSSR count). The first kappa shape index (κ1) is 20.2. The summed E-state index contributed by atoms with van der Waals surface area (Å²) in [5, 5.41) is 2.83. The molecule has 0 aliphatic carbocycles. The lowest BCUT2D eigenvalue weighted by molar-refractivity contribution is 0.0499. The van der Waals surface area contributed by atoms with Crippen molar-refractivity contribution in [1.29, 1.82) is 0 Å². The predicted molar refractivity (Wildman–Crippen MR) is 88.4 cm³/mol. The van der Waals surface area contributed by atoms with E-state index < -0.39 is 5.60 Å². The van der Waals surface area contributed by atoms with Gasteiger partial charge in [-0.25, -0.2) is 4.79 Å². The van der Waals surface area contributed by atoms with E-state index in [9.17, 15) is 4.79 Å². The molecule has 0 aromatic rings. The van der Waals surface area contributed by atoms with E-state index in [1.807, 2.05) is 20.8 Å². The third-order valence-corrected chi connectivity index (χ3v) is 3.31. The number of nitrogens with two attached hydrogens (primary N) is 1. The van der Waals surface area contributed by atoms with Crippen molar-refractivity contribution in [3.63, 3.8) is 0 Å². The Bertz CT molecular complexity index is 288. The maximum Gasteiger partial charge on any atom is 0.407 e. The zero-order valence-corrected chi connectivity index (χ0v) is 14.7. The standard InChI is InChI=1S/C16H35N3O2/c1-7-8-9-10-19(13(2)3)14(11-17)12-18-15(20)21-16(4,5)6/h13-14H,7-12,17H2,1-6H3,(H,18,20). The molecule has 21 heavy (non-hydrogen) atoms. The van der Waals surface area contributed by atoms with E-state index in [1.54, 1.807) is 0 Å². The molecule has 0 aliphatic heterocycles. The molecule has 0 radical (unpaired) electrons. The molecule has 0 fully saturated rings. The highest BCUT2D eigenvalue weighted by atomic mass is 16.6. The molecule has 126 valence electrons. The van der Waals surface area contributed by atoms with Crippen molar-refractivity contribution in [3.8, 4) is 0 Å². The zero-order chi connectivity index (χ0) is 16.5. The van der Waals surface area contributed by atoms with Gasteiger partial charge in [-0.05, 0) is 47.6 Å². The second-order valence-corrected chi connectivity index (χ2v) is 6.81. The van der Waals surface area contributed by atoms with Crippen LogP contribution < -0.4 is 11.1 Å². The molecule has 1 amide bonds. The first-order valence-corrected chi connectivity index (χ1v) is 8.14. The second-order valence-electron chi connectivity index (χ2n) is 6.81. The zero-order valence-electron chi connectivity index (χ0n) is 14.7. The summed E-state index contributed by atoms with van der Waals surface area (Å²) in [6.45, 7) is 14.2. The average Bonchev–Trinajstić information content (AvgIpc) is 2.34. The fourth-order valence-corrected chi connectivity index (χ4v) is 2.26. The van der Waals surface area contributed by atoms with Crippen LogP contribution in [0.1, 0.15) is 60.8 Å². The molecule has 0 heterocycles. The van der Waals surface area contributed by atoms with E-state index >= 15 is 0 Å². The Balaban J connectivity index is 4.40. The van der Waals surface area contributed by atoms with Gasteiger partial charge < -0.3 is 15.8 Å². The van der Waals surface area contributed by atoms with Crippen molar-refractivity contribution in [2.75, 3.05) is 19.6 Å². The summed E-state index contributed by atoms with van der Waals surface area (Å²) in [5.74, 6) is 0. The van der Waals surface area contributed by atoms with E-state index in [0.717, 1.165) is 13.0 Å². The normalized spacial score (nSPS) is 13.6. The monoisotopic (exact) mass is 301 g/mol. The van der Waals surface area contributed by atoms with Crippen LogP contribution in [0, 0.1) is 0 Å². The Labute approximate surface area is 130 Å². The van der Waals surface area contributed by atoms with Crippen LogP contribution in [0.5, 0.6) is 0 Å². The van der Waals surface area contributed by atoms with Crippen LogP contribution >= 0.6 is 0 Å². The summed E-state index contributed by atoms with van der Waals surface area (Å²) in [5.41, 5.74) is 5.42. The number of amides is 1. The predicted octanol–water partition coefficient (Wildman–Crippen LogP) is 2.74. The number of nitrogens with zero attached hydrogens (tertiary/aromatic N) is 1. The minimum atomic E-state index is -0.471. The number of ether oxygens (including phenoxy) is 1. The van der Waals surface area contributed by atoms with E-state index in [2.05, 4.69) is 31.0 Å². The molecule has 0 aromatic heterocycles. The fourth-order valence-electron chi connectivity index (χ4n) is 2.26. The van der Waals surface area contributed by atoms with E-state index in [-0.39, 0.29) is 12.1 Å². The number of unbranched alkanes of at least 4 members (excludes halogenated alkanes) is 2. The SMILES string of the molecule is CCCCCN(C(C)C)C(CN)CNC(=O)OC(C)(C)C. The molecule has 5 nitrogen and oxygen atoms in total. The Morgan fingerprint density at radius 3 is 2.33 bits per heavy atom. The highest BCUT2D eigenvalue weighted by Gasteiger charge is 2.22. The second kappa shape index (κ2) is 10.0. The third kappa shape index (κ3) is 9.69. The van der Waals surface area contributed by atoms with Gasteiger partial charge in [0.1, 0.15) is 5.60 Å². The van der Waals surface area contributed by atoms with Gasteiger partial charge in [0.05, 0.1) is 0 Å².